The maximum Gasteiger partial charge on any atom is 0.0617 e. The number of likely N-dealkylation sites (tertiary alicyclic amines) is 1. The largest absolute Gasteiger partial charge is 0.381 e. The summed E-state index contributed by atoms with van der Waals surface area (Å²) in [7, 11) is 4.05. The fraction of sp³-hybridized carbons (Fsp3) is 1.00. The van der Waals surface area contributed by atoms with Crippen LogP contribution in [0.3, 0.4) is 0 Å². The fourth-order valence-electron chi connectivity index (χ4n) is 2.46. The Morgan fingerprint density at radius 1 is 1.45 bits per heavy atom. The van der Waals surface area contributed by atoms with E-state index in [1.807, 2.05) is 7.11 Å². The first-order valence-corrected chi connectivity index (χ1v) is 4.52. The third-order valence-corrected chi connectivity index (χ3v) is 3.32. The van der Waals surface area contributed by atoms with Crippen LogP contribution in [0.2, 0.25) is 0 Å². The molecule has 0 amide bonds. The average Bonchev–Trinajstić information content (AvgIpc) is 1.97. The predicted molar refractivity (Wildman–Crippen MR) is 44.5 cm³/mol. The van der Waals surface area contributed by atoms with Gasteiger partial charge in [0, 0.05) is 19.6 Å². The Bertz CT molecular complexity index is 142. The molecule has 1 aliphatic carbocycles. The van der Waals surface area contributed by atoms with Gasteiger partial charge in [-0.1, -0.05) is 0 Å². The molecule has 1 aliphatic heterocycles. The number of piperidine rings is 1. The maximum absolute atomic E-state index is 5.38. The summed E-state index contributed by atoms with van der Waals surface area (Å²) in [5.41, 5.74) is 0. The normalized spacial score (nSPS) is 44.7. The molecule has 1 heterocycles. The molecule has 11 heavy (non-hydrogen) atoms. The number of fused-ring (bicyclic) bond motifs is 1. The summed E-state index contributed by atoms with van der Waals surface area (Å²) in [5, 5.41) is 0. The van der Waals surface area contributed by atoms with E-state index in [0.29, 0.717) is 6.10 Å². The molecule has 0 aromatic carbocycles. The van der Waals surface area contributed by atoms with Gasteiger partial charge in [-0.3, -0.25) is 0 Å². The van der Waals surface area contributed by atoms with E-state index in [1.54, 1.807) is 0 Å². The lowest BCUT2D eigenvalue weighted by Crippen LogP contribution is -2.52. The van der Waals surface area contributed by atoms with E-state index in [-0.39, 0.29) is 0 Å². The van der Waals surface area contributed by atoms with E-state index in [0.717, 1.165) is 11.8 Å². The minimum atomic E-state index is 0.572. The number of nitrogens with zero attached hydrogens (tertiary/aromatic N) is 1. The van der Waals surface area contributed by atoms with E-state index in [2.05, 4.69) is 11.9 Å². The lowest BCUT2D eigenvalue weighted by molar-refractivity contribution is -0.0951. The molecule has 0 N–H and O–H groups in total. The second kappa shape index (κ2) is 2.76. The summed E-state index contributed by atoms with van der Waals surface area (Å²) < 4.78 is 5.38. The van der Waals surface area contributed by atoms with Crippen LogP contribution >= 0.6 is 0 Å². The zero-order valence-corrected chi connectivity index (χ0v) is 7.42. The van der Waals surface area contributed by atoms with Gasteiger partial charge in [0.05, 0.1) is 6.10 Å². The molecule has 2 fully saturated rings. The van der Waals surface area contributed by atoms with E-state index < -0.39 is 0 Å². The molecule has 0 spiro atoms. The quantitative estimate of drug-likeness (QED) is 0.559. The highest BCUT2D eigenvalue weighted by molar-refractivity contribution is 4.94. The minimum absolute atomic E-state index is 0.572. The number of hydrogen-bond donors (Lipinski definition) is 0. The molecule has 2 nitrogen and oxygen atoms in total. The SMILES string of the molecule is COC1C[C@H]2CCN(C)CC12. The maximum atomic E-state index is 5.38. The zero-order valence-electron chi connectivity index (χ0n) is 7.42. The van der Waals surface area contributed by atoms with Crippen LogP contribution in [-0.4, -0.2) is 38.3 Å². The van der Waals surface area contributed by atoms with Gasteiger partial charge < -0.3 is 9.64 Å². The molecule has 0 aromatic heterocycles. The Morgan fingerprint density at radius 2 is 2.27 bits per heavy atom. The first-order chi connectivity index (χ1) is 5.31. The van der Waals surface area contributed by atoms with Gasteiger partial charge >= 0.3 is 0 Å². The first kappa shape index (κ1) is 7.56. The van der Waals surface area contributed by atoms with Gasteiger partial charge in [-0.15, -0.1) is 0 Å². The number of rotatable bonds is 1. The van der Waals surface area contributed by atoms with Crippen LogP contribution in [0.5, 0.6) is 0 Å². The zero-order chi connectivity index (χ0) is 7.84. The van der Waals surface area contributed by atoms with Crippen LogP contribution in [0.1, 0.15) is 12.8 Å². The molecule has 0 bridgehead atoms. The Hall–Kier alpha value is -0.0800. The Labute approximate surface area is 68.5 Å². The topological polar surface area (TPSA) is 12.5 Å². The third-order valence-electron chi connectivity index (χ3n) is 3.32. The van der Waals surface area contributed by atoms with Crippen LogP contribution in [0, 0.1) is 11.8 Å². The second-order valence-electron chi connectivity index (χ2n) is 3.98. The van der Waals surface area contributed by atoms with Crippen LogP contribution < -0.4 is 0 Å². The molecular formula is C9H17NO. The molecule has 64 valence electrons. The number of hydrogen-bond acceptors (Lipinski definition) is 2. The van der Waals surface area contributed by atoms with Gasteiger partial charge in [0.1, 0.15) is 0 Å². The van der Waals surface area contributed by atoms with Gasteiger partial charge in [0.25, 0.3) is 0 Å². The van der Waals surface area contributed by atoms with Crippen molar-refractivity contribution in [2.24, 2.45) is 11.8 Å². The van der Waals surface area contributed by atoms with Crippen LogP contribution in [-0.2, 0) is 4.74 Å². The second-order valence-corrected chi connectivity index (χ2v) is 3.98. The summed E-state index contributed by atoms with van der Waals surface area (Å²) in [6.45, 7) is 2.54. The van der Waals surface area contributed by atoms with Crippen molar-refractivity contribution in [1.29, 1.82) is 0 Å². The van der Waals surface area contributed by atoms with Crippen molar-refractivity contribution in [3.63, 3.8) is 0 Å². The number of methoxy groups -OCH3 is 1. The van der Waals surface area contributed by atoms with Crippen LogP contribution in [0.4, 0.5) is 0 Å². The van der Waals surface area contributed by atoms with Crippen molar-refractivity contribution in [3.8, 4) is 0 Å². The smallest absolute Gasteiger partial charge is 0.0617 e. The van der Waals surface area contributed by atoms with Gasteiger partial charge in [-0.25, -0.2) is 0 Å². The Morgan fingerprint density at radius 3 is 3.00 bits per heavy atom. The van der Waals surface area contributed by atoms with Crippen molar-refractivity contribution < 1.29 is 4.74 Å². The highest BCUT2D eigenvalue weighted by Crippen LogP contribution is 2.41. The van der Waals surface area contributed by atoms with Gasteiger partial charge in [-0.05, 0) is 32.4 Å². The minimum Gasteiger partial charge on any atom is -0.381 e. The summed E-state index contributed by atoms with van der Waals surface area (Å²) in [5.74, 6) is 1.83. The lowest BCUT2D eigenvalue weighted by Gasteiger charge is -2.49. The fourth-order valence-corrected chi connectivity index (χ4v) is 2.46. The lowest BCUT2D eigenvalue weighted by atomic mass is 9.67. The van der Waals surface area contributed by atoms with Gasteiger partial charge in [0.15, 0.2) is 0 Å². The average molecular weight is 155 g/mol. The first-order valence-electron chi connectivity index (χ1n) is 4.52. The van der Waals surface area contributed by atoms with Crippen molar-refractivity contribution in [1.82, 2.24) is 4.90 Å². The van der Waals surface area contributed by atoms with Crippen molar-refractivity contribution in [3.05, 3.63) is 0 Å². The van der Waals surface area contributed by atoms with Crippen LogP contribution in [0.15, 0.2) is 0 Å². The summed E-state index contributed by atoms with van der Waals surface area (Å²) >= 11 is 0. The Balaban J connectivity index is 1.91. The van der Waals surface area contributed by atoms with E-state index in [4.69, 9.17) is 4.74 Å². The molecule has 2 rings (SSSR count). The standard InChI is InChI=1S/C9H17NO/c1-10-4-3-7-5-9(11-2)8(7)6-10/h7-9H,3-6H2,1-2H3/t7-,8?,9?/m1/s1. The van der Waals surface area contributed by atoms with Crippen LogP contribution in [0.25, 0.3) is 0 Å². The van der Waals surface area contributed by atoms with E-state index in [1.165, 1.54) is 25.9 Å². The van der Waals surface area contributed by atoms with E-state index in [9.17, 15) is 0 Å². The monoisotopic (exact) mass is 155 g/mol. The van der Waals surface area contributed by atoms with Gasteiger partial charge in [0.2, 0.25) is 0 Å². The molecule has 0 aromatic rings. The molecule has 3 atom stereocenters. The highest BCUT2D eigenvalue weighted by atomic mass is 16.5. The summed E-state index contributed by atoms with van der Waals surface area (Å²) in [6.07, 6.45) is 3.28. The molecule has 2 aliphatic rings. The Kier molecular flexibility index (Phi) is 1.90. The molecule has 2 unspecified atom stereocenters. The van der Waals surface area contributed by atoms with Crippen molar-refractivity contribution in [2.45, 2.75) is 18.9 Å². The summed E-state index contributed by atoms with van der Waals surface area (Å²) in [6, 6.07) is 0. The van der Waals surface area contributed by atoms with Crippen molar-refractivity contribution >= 4 is 0 Å². The molecule has 1 saturated heterocycles. The summed E-state index contributed by atoms with van der Waals surface area (Å²) in [4.78, 5) is 2.42. The predicted octanol–water partition coefficient (Wildman–Crippen LogP) is 0.973. The molecule has 1 saturated carbocycles. The number of ether oxygens (including phenoxy) is 1. The molecular weight excluding hydrogens is 138 g/mol. The molecule has 2 heteroatoms. The van der Waals surface area contributed by atoms with Crippen molar-refractivity contribution in [2.75, 3.05) is 27.2 Å². The highest BCUT2D eigenvalue weighted by Gasteiger charge is 2.43. The molecule has 0 radical (unpaired) electrons. The third kappa shape index (κ3) is 1.18. The van der Waals surface area contributed by atoms with Gasteiger partial charge in [-0.2, -0.15) is 0 Å². The van der Waals surface area contributed by atoms with E-state index >= 15 is 0 Å².